The Morgan fingerprint density at radius 3 is 1.53 bits per heavy atom. The van der Waals surface area contributed by atoms with Gasteiger partial charge in [0.25, 0.3) is 5.97 Å². The van der Waals surface area contributed by atoms with E-state index in [0.717, 1.165) is 25.9 Å². The lowest BCUT2D eigenvalue weighted by Crippen LogP contribution is -2.51. The van der Waals surface area contributed by atoms with Crippen molar-refractivity contribution >= 4 is 0 Å². The van der Waals surface area contributed by atoms with Crippen molar-refractivity contribution < 1.29 is 18.9 Å². The molecule has 0 saturated heterocycles. The summed E-state index contributed by atoms with van der Waals surface area (Å²) in [4.78, 5) is 0. The molecule has 0 rings (SSSR count). The van der Waals surface area contributed by atoms with Gasteiger partial charge in [-0.05, 0) is 67.7 Å². The Morgan fingerprint density at radius 2 is 1.13 bits per heavy atom. The van der Waals surface area contributed by atoms with Gasteiger partial charge in [0.05, 0.1) is 18.3 Å². The summed E-state index contributed by atoms with van der Waals surface area (Å²) < 4.78 is 24.4. The molecule has 0 aliphatic carbocycles. The quantitative estimate of drug-likeness (QED) is 0.126. The second kappa shape index (κ2) is 20.5. The third-order valence-electron chi connectivity index (χ3n) is 4.51. The lowest BCUT2D eigenvalue weighted by molar-refractivity contribution is -0.433. The van der Waals surface area contributed by atoms with Crippen LogP contribution in [-0.2, 0) is 18.9 Å². The van der Waals surface area contributed by atoms with Crippen molar-refractivity contribution in [2.24, 2.45) is 5.92 Å². The molecule has 0 aromatic carbocycles. The second-order valence-electron chi connectivity index (χ2n) is 8.90. The van der Waals surface area contributed by atoms with Crippen LogP contribution in [0.3, 0.4) is 0 Å². The van der Waals surface area contributed by atoms with E-state index in [9.17, 15) is 0 Å². The zero-order valence-corrected chi connectivity index (χ0v) is 21.8. The molecular formula is C26H54O4. The van der Waals surface area contributed by atoms with Crippen LogP contribution in [0.25, 0.3) is 0 Å². The van der Waals surface area contributed by atoms with Gasteiger partial charge in [0.1, 0.15) is 0 Å². The van der Waals surface area contributed by atoms with Gasteiger partial charge in [-0.25, -0.2) is 0 Å². The van der Waals surface area contributed by atoms with E-state index in [1.807, 2.05) is 6.92 Å². The largest absolute Gasteiger partial charge is 0.385 e. The summed E-state index contributed by atoms with van der Waals surface area (Å²) in [5, 5.41) is 0. The fourth-order valence-electron chi connectivity index (χ4n) is 3.50. The number of unbranched alkanes of at least 4 members (excludes halogenated alkanes) is 5. The predicted octanol–water partition coefficient (Wildman–Crippen LogP) is 7.90. The van der Waals surface area contributed by atoms with Crippen molar-refractivity contribution in [3.05, 3.63) is 12.7 Å². The van der Waals surface area contributed by atoms with Crippen LogP contribution in [-0.4, -0.2) is 38.0 Å². The number of hydrogen-bond donors (Lipinski definition) is 0. The normalized spacial score (nSPS) is 12.9. The molecule has 0 N–H and O–H groups in total. The molecule has 0 spiro atoms. The third-order valence-corrected chi connectivity index (χ3v) is 4.51. The van der Waals surface area contributed by atoms with Crippen LogP contribution in [0.2, 0.25) is 0 Å². The molecule has 4 nitrogen and oxygen atoms in total. The molecule has 0 aromatic heterocycles. The minimum atomic E-state index is -0.979. The topological polar surface area (TPSA) is 36.9 Å². The standard InChI is InChI=1S/C23H48O4.C3H6/c1-9-10-11-12-13-14-16-22(17-15-18-24-8)23(25-19(2)3,26-20(4)5)27-21(6)7;1-3-2/h19-22H,9-18H2,1-8H3;3H,1H2,2H3. The van der Waals surface area contributed by atoms with Crippen LogP contribution < -0.4 is 0 Å². The first-order valence-electron chi connectivity index (χ1n) is 12.3. The van der Waals surface area contributed by atoms with Crippen LogP contribution in [0.1, 0.15) is 113 Å². The van der Waals surface area contributed by atoms with Gasteiger partial charge < -0.3 is 18.9 Å². The average molecular weight is 431 g/mol. The third kappa shape index (κ3) is 17.3. The summed E-state index contributed by atoms with van der Waals surface area (Å²) in [6, 6.07) is 0. The van der Waals surface area contributed by atoms with E-state index in [0.29, 0.717) is 0 Å². The molecule has 182 valence electrons. The van der Waals surface area contributed by atoms with Crippen molar-refractivity contribution in [2.75, 3.05) is 13.7 Å². The van der Waals surface area contributed by atoms with Gasteiger partial charge in [-0.3, -0.25) is 0 Å². The first-order valence-corrected chi connectivity index (χ1v) is 12.3. The number of allylic oxidation sites excluding steroid dienone is 1. The molecule has 4 heteroatoms. The second-order valence-corrected chi connectivity index (χ2v) is 8.90. The van der Waals surface area contributed by atoms with Crippen LogP contribution in [0.5, 0.6) is 0 Å². The summed E-state index contributed by atoms with van der Waals surface area (Å²) in [7, 11) is 1.76. The summed E-state index contributed by atoms with van der Waals surface area (Å²) in [6.45, 7) is 20.6. The Hall–Kier alpha value is -0.420. The van der Waals surface area contributed by atoms with Crippen molar-refractivity contribution in [2.45, 2.75) is 137 Å². The average Bonchev–Trinajstić information content (AvgIpc) is 2.62. The maximum absolute atomic E-state index is 6.36. The van der Waals surface area contributed by atoms with E-state index in [4.69, 9.17) is 18.9 Å². The molecule has 0 radical (unpaired) electrons. The highest BCUT2D eigenvalue weighted by Crippen LogP contribution is 2.37. The molecule has 0 fully saturated rings. The Labute approximate surface area is 189 Å². The lowest BCUT2D eigenvalue weighted by atomic mass is 9.92. The van der Waals surface area contributed by atoms with Gasteiger partial charge in [0.15, 0.2) is 0 Å². The minimum Gasteiger partial charge on any atom is -0.385 e. The predicted molar refractivity (Wildman–Crippen MR) is 130 cm³/mol. The highest BCUT2D eigenvalue weighted by molar-refractivity contribution is 4.75. The lowest BCUT2D eigenvalue weighted by Gasteiger charge is -2.43. The van der Waals surface area contributed by atoms with Crippen LogP contribution in [0.15, 0.2) is 12.7 Å². The van der Waals surface area contributed by atoms with E-state index in [-0.39, 0.29) is 24.2 Å². The molecule has 0 saturated carbocycles. The van der Waals surface area contributed by atoms with Gasteiger partial charge in [0, 0.05) is 19.6 Å². The first-order chi connectivity index (χ1) is 14.2. The van der Waals surface area contributed by atoms with E-state index < -0.39 is 5.97 Å². The van der Waals surface area contributed by atoms with Crippen LogP contribution >= 0.6 is 0 Å². The van der Waals surface area contributed by atoms with Crippen molar-refractivity contribution in [3.8, 4) is 0 Å². The molecule has 1 atom stereocenters. The van der Waals surface area contributed by atoms with Gasteiger partial charge in [-0.1, -0.05) is 51.5 Å². The fourth-order valence-corrected chi connectivity index (χ4v) is 3.50. The Morgan fingerprint density at radius 1 is 0.733 bits per heavy atom. The van der Waals surface area contributed by atoms with Gasteiger partial charge >= 0.3 is 0 Å². The smallest absolute Gasteiger partial charge is 0.286 e. The zero-order chi connectivity index (χ0) is 23.4. The van der Waals surface area contributed by atoms with E-state index in [1.54, 1.807) is 13.2 Å². The van der Waals surface area contributed by atoms with Gasteiger partial charge in [-0.15, -0.1) is 6.58 Å². The Balaban J connectivity index is 0. The fraction of sp³-hybridized carbons (Fsp3) is 0.923. The monoisotopic (exact) mass is 430 g/mol. The molecule has 0 bridgehead atoms. The van der Waals surface area contributed by atoms with Crippen LogP contribution in [0, 0.1) is 5.92 Å². The van der Waals surface area contributed by atoms with E-state index >= 15 is 0 Å². The number of hydrogen-bond acceptors (Lipinski definition) is 4. The number of methoxy groups -OCH3 is 1. The molecule has 1 unspecified atom stereocenters. The molecule has 0 amide bonds. The number of rotatable bonds is 18. The summed E-state index contributed by atoms with van der Waals surface area (Å²) in [6.07, 6.45) is 12.6. The van der Waals surface area contributed by atoms with Crippen molar-refractivity contribution in [1.82, 2.24) is 0 Å². The summed E-state index contributed by atoms with van der Waals surface area (Å²) in [5.41, 5.74) is 0. The summed E-state index contributed by atoms with van der Waals surface area (Å²) in [5.74, 6) is -0.778. The minimum absolute atomic E-state index is 0.0389. The Bertz CT molecular complexity index is 340. The SMILES string of the molecule is C=CC.CCCCCCCCC(CCCOC)C(OC(C)C)(OC(C)C)OC(C)C. The molecule has 0 heterocycles. The number of ether oxygens (including phenoxy) is 4. The summed E-state index contributed by atoms with van der Waals surface area (Å²) >= 11 is 0. The first kappa shape index (κ1) is 31.8. The van der Waals surface area contributed by atoms with E-state index in [1.165, 1.54) is 38.5 Å². The van der Waals surface area contributed by atoms with Crippen LogP contribution in [0.4, 0.5) is 0 Å². The molecular weight excluding hydrogens is 376 g/mol. The van der Waals surface area contributed by atoms with Gasteiger partial charge in [0.2, 0.25) is 0 Å². The highest BCUT2D eigenvalue weighted by atomic mass is 16.9. The maximum Gasteiger partial charge on any atom is 0.286 e. The molecule has 30 heavy (non-hydrogen) atoms. The maximum atomic E-state index is 6.36. The molecule has 0 aliphatic rings. The highest BCUT2D eigenvalue weighted by Gasteiger charge is 2.44. The molecule has 0 aromatic rings. The van der Waals surface area contributed by atoms with E-state index in [2.05, 4.69) is 55.0 Å². The zero-order valence-electron chi connectivity index (χ0n) is 21.8. The molecule has 0 aliphatic heterocycles. The Kier molecular flexibility index (Phi) is 21.7. The van der Waals surface area contributed by atoms with Crippen molar-refractivity contribution in [3.63, 3.8) is 0 Å². The van der Waals surface area contributed by atoms with Crippen molar-refractivity contribution in [1.29, 1.82) is 0 Å². The van der Waals surface area contributed by atoms with Gasteiger partial charge in [-0.2, -0.15) is 0 Å².